The molecule has 0 spiro atoms. The number of benzene rings is 3. The number of amides is 1. The van der Waals surface area contributed by atoms with E-state index in [1.165, 1.54) is 23.9 Å². The maximum absolute atomic E-state index is 13.2. The Labute approximate surface area is 172 Å². The van der Waals surface area contributed by atoms with Crippen molar-refractivity contribution in [2.24, 2.45) is 0 Å². The molecule has 1 aliphatic heterocycles. The van der Waals surface area contributed by atoms with Crippen LogP contribution in [0.5, 0.6) is 0 Å². The number of nitro benzene ring substituents is 1. The number of thioether (sulfide) groups is 1. The van der Waals surface area contributed by atoms with Crippen molar-refractivity contribution in [3.63, 3.8) is 0 Å². The topological polar surface area (TPSA) is 63.5 Å². The van der Waals surface area contributed by atoms with Crippen LogP contribution in [0.25, 0.3) is 0 Å². The number of non-ortho nitro benzene ring substituents is 1. The fraction of sp³-hybridized carbons (Fsp3) is 0.0870. The molecule has 1 heterocycles. The second-order valence-corrected chi connectivity index (χ2v) is 7.59. The van der Waals surface area contributed by atoms with E-state index < -0.39 is 10.2 Å². The predicted molar refractivity (Wildman–Crippen MR) is 114 cm³/mol. The Kier molecular flexibility index (Phi) is 5.32. The fourth-order valence-corrected chi connectivity index (χ4v) is 4.38. The summed E-state index contributed by atoms with van der Waals surface area (Å²) in [7, 11) is 0. The number of nitrogens with zero attached hydrogens (tertiary/aromatic N) is 2. The van der Waals surface area contributed by atoms with Gasteiger partial charge in [0, 0.05) is 23.4 Å². The smallest absolute Gasteiger partial charge is 0.269 e. The molecule has 3 aromatic carbocycles. The molecule has 3 aromatic rings. The molecule has 1 amide bonds. The summed E-state index contributed by atoms with van der Waals surface area (Å²) in [6, 6.07) is 25.3. The lowest BCUT2D eigenvalue weighted by molar-refractivity contribution is -0.384. The molecular weight excluding hydrogens is 384 g/mol. The average Bonchev–Trinajstić information content (AvgIpc) is 3.10. The molecule has 1 fully saturated rings. The van der Waals surface area contributed by atoms with E-state index >= 15 is 0 Å². The van der Waals surface area contributed by atoms with Crippen molar-refractivity contribution in [2.75, 3.05) is 4.90 Å². The molecule has 29 heavy (non-hydrogen) atoms. The van der Waals surface area contributed by atoms with Crippen molar-refractivity contribution in [3.8, 4) is 11.8 Å². The van der Waals surface area contributed by atoms with Gasteiger partial charge in [0.25, 0.3) is 11.6 Å². The summed E-state index contributed by atoms with van der Waals surface area (Å²) in [6.45, 7) is 0. The first kappa shape index (κ1) is 18.8. The van der Waals surface area contributed by atoms with Gasteiger partial charge in [0.2, 0.25) is 0 Å². The largest absolute Gasteiger partial charge is 0.294 e. The predicted octanol–water partition coefficient (Wildman–Crippen LogP) is 4.79. The molecular formula is C23H16N2O3S. The van der Waals surface area contributed by atoms with E-state index in [2.05, 4.69) is 11.8 Å². The third-order valence-corrected chi connectivity index (χ3v) is 5.84. The van der Waals surface area contributed by atoms with Crippen LogP contribution in [-0.4, -0.2) is 16.1 Å². The maximum Gasteiger partial charge on any atom is 0.269 e. The highest BCUT2D eigenvalue weighted by Gasteiger charge is 2.41. The Balaban J connectivity index is 1.69. The van der Waals surface area contributed by atoms with Crippen molar-refractivity contribution >= 4 is 29.0 Å². The molecule has 4 rings (SSSR count). The van der Waals surface area contributed by atoms with Gasteiger partial charge in [-0.3, -0.25) is 19.8 Å². The molecule has 0 aliphatic carbocycles. The van der Waals surface area contributed by atoms with Crippen LogP contribution in [0, 0.1) is 22.0 Å². The summed E-state index contributed by atoms with van der Waals surface area (Å²) < 4.78 is 0. The Bertz CT molecular complexity index is 1090. The number of hydrogen-bond acceptors (Lipinski definition) is 4. The van der Waals surface area contributed by atoms with Gasteiger partial charge in [-0.25, -0.2) is 0 Å². The van der Waals surface area contributed by atoms with Gasteiger partial charge in [-0.2, -0.15) is 0 Å². The molecule has 0 N–H and O–H groups in total. The first-order valence-electron chi connectivity index (χ1n) is 8.98. The van der Waals surface area contributed by atoms with Gasteiger partial charge in [-0.15, -0.1) is 11.8 Å². The van der Waals surface area contributed by atoms with Crippen molar-refractivity contribution < 1.29 is 9.72 Å². The van der Waals surface area contributed by atoms with Gasteiger partial charge >= 0.3 is 0 Å². The molecule has 0 bridgehead atoms. The molecule has 5 nitrogen and oxygen atoms in total. The van der Waals surface area contributed by atoms with Gasteiger partial charge in [0.15, 0.2) is 0 Å². The highest BCUT2D eigenvalue weighted by Crippen LogP contribution is 2.45. The third-order valence-electron chi connectivity index (χ3n) is 4.51. The lowest BCUT2D eigenvalue weighted by atomic mass is 10.1. The van der Waals surface area contributed by atoms with Crippen LogP contribution in [0.15, 0.2) is 84.9 Å². The van der Waals surface area contributed by atoms with Gasteiger partial charge in [-0.05, 0) is 29.8 Å². The average molecular weight is 400 g/mol. The van der Waals surface area contributed by atoms with E-state index in [-0.39, 0.29) is 17.0 Å². The number of nitro groups is 1. The van der Waals surface area contributed by atoms with Crippen LogP contribution in [0.3, 0.4) is 0 Å². The second-order valence-electron chi connectivity index (χ2n) is 6.40. The zero-order chi connectivity index (χ0) is 20.2. The Morgan fingerprint density at radius 3 is 2.14 bits per heavy atom. The summed E-state index contributed by atoms with van der Waals surface area (Å²) in [5.74, 6) is 6.04. The monoisotopic (exact) mass is 400 g/mol. The molecule has 1 saturated heterocycles. The minimum absolute atomic E-state index is 0.00951. The highest BCUT2D eigenvalue weighted by molar-refractivity contribution is 8.01. The summed E-state index contributed by atoms with van der Waals surface area (Å²) in [4.78, 5) is 25.4. The van der Waals surface area contributed by atoms with E-state index in [4.69, 9.17) is 0 Å². The third kappa shape index (κ3) is 4.00. The van der Waals surface area contributed by atoms with E-state index in [0.29, 0.717) is 5.69 Å². The zero-order valence-electron chi connectivity index (χ0n) is 15.3. The normalized spacial score (nSPS) is 18.2. The molecule has 0 saturated carbocycles. The molecule has 2 unspecified atom stereocenters. The number of anilines is 1. The van der Waals surface area contributed by atoms with Crippen molar-refractivity contribution in [1.82, 2.24) is 0 Å². The quantitative estimate of drug-likeness (QED) is 0.360. The molecule has 2 atom stereocenters. The fourth-order valence-electron chi connectivity index (χ4n) is 3.10. The molecule has 1 aliphatic rings. The molecule has 6 heteroatoms. The standard InChI is InChI=1S/C23H16N2O3S/c26-22-21(16-11-17-7-3-1-4-8-17)29-23(18-9-5-2-6-10-18)24(22)19-12-14-20(15-13-19)25(27)28/h1-10,12-15,21,23H. The van der Waals surface area contributed by atoms with E-state index in [1.54, 1.807) is 17.0 Å². The van der Waals surface area contributed by atoms with Gasteiger partial charge < -0.3 is 0 Å². The lowest BCUT2D eigenvalue weighted by Gasteiger charge is -2.24. The Morgan fingerprint density at radius 2 is 1.52 bits per heavy atom. The minimum atomic E-state index is -0.518. The number of rotatable bonds is 3. The summed E-state index contributed by atoms with van der Waals surface area (Å²) >= 11 is 1.47. The molecule has 142 valence electrons. The van der Waals surface area contributed by atoms with Gasteiger partial charge in [-0.1, -0.05) is 60.4 Å². The zero-order valence-corrected chi connectivity index (χ0v) is 16.1. The highest BCUT2D eigenvalue weighted by atomic mass is 32.2. The van der Waals surface area contributed by atoms with Crippen LogP contribution < -0.4 is 4.90 Å². The van der Waals surface area contributed by atoms with Crippen molar-refractivity contribution in [2.45, 2.75) is 10.6 Å². The van der Waals surface area contributed by atoms with Crippen LogP contribution in [0.1, 0.15) is 16.5 Å². The first-order chi connectivity index (χ1) is 14.1. The number of carbonyl (C=O) groups excluding carboxylic acids is 1. The van der Waals surface area contributed by atoms with Crippen molar-refractivity contribution in [3.05, 3.63) is 106 Å². The Hall–Kier alpha value is -3.56. The first-order valence-corrected chi connectivity index (χ1v) is 9.92. The minimum Gasteiger partial charge on any atom is -0.294 e. The summed E-state index contributed by atoms with van der Waals surface area (Å²) in [5, 5.41) is 10.2. The van der Waals surface area contributed by atoms with E-state index in [1.807, 2.05) is 60.7 Å². The van der Waals surface area contributed by atoms with Crippen LogP contribution >= 0.6 is 11.8 Å². The van der Waals surface area contributed by atoms with Crippen LogP contribution in [0.4, 0.5) is 11.4 Å². The lowest BCUT2D eigenvalue weighted by Crippen LogP contribution is -2.30. The number of hydrogen-bond donors (Lipinski definition) is 0. The summed E-state index contributed by atoms with van der Waals surface area (Å²) in [5.41, 5.74) is 2.44. The van der Waals surface area contributed by atoms with Gasteiger partial charge in [0.05, 0.1) is 4.92 Å². The molecule has 0 aromatic heterocycles. The van der Waals surface area contributed by atoms with E-state index in [0.717, 1.165) is 11.1 Å². The van der Waals surface area contributed by atoms with E-state index in [9.17, 15) is 14.9 Å². The second kappa shape index (κ2) is 8.21. The van der Waals surface area contributed by atoms with Gasteiger partial charge in [0.1, 0.15) is 10.6 Å². The van der Waals surface area contributed by atoms with Crippen LogP contribution in [-0.2, 0) is 4.79 Å². The Morgan fingerprint density at radius 1 is 0.897 bits per heavy atom. The molecule has 0 radical (unpaired) electrons. The SMILES string of the molecule is O=C1C(C#Cc2ccccc2)SC(c2ccccc2)N1c1ccc([N+](=O)[O-])cc1. The van der Waals surface area contributed by atoms with Crippen molar-refractivity contribution in [1.29, 1.82) is 0 Å². The summed E-state index contributed by atoms with van der Waals surface area (Å²) in [6.07, 6.45) is 0. The van der Waals surface area contributed by atoms with Crippen LogP contribution in [0.2, 0.25) is 0 Å². The maximum atomic E-state index is 13.2. The number of carbonyl (C=O) groups is 1.